The number of benzene rings is 1. The Morgan fingerprint density at radius 2 is 1.50 bits per heavy atom. The van der Waals surface area contributed by atoms with Gasteiger partial charge < -0.3 is 19.7 Å². The van der Waals surface area contributed by atoms with Gasteiger partial charge >= 0.3 is 11.9 Å². The molecule has 1 aromatic carbocycles. The van der Waals surface area contributed by atoms with Crippen molar-refractivity contribution >= 4 is 11.9 Å². The SMILES string of the molecule is COC(OC)(c1ccccc1)C(C(=O)O)C(=O)O. The molecule has 0 saturated carbocycles. The maximum atomic E-state index is 11.1. The summed E-state index contributed by atoms with van der Waals surface area (Å²) in [6.45, 7) is 0. The Labute approximate surface area is 104 Å². The molecule has 1 aromatic rings. The van der Waals surface area contributed by atoms with Gasteiger partial charge in [0.25, 0.3) is 0 Å². The van der Waals surface area contributed by atoms with Gasteiger partial charge in [-0.2, -0.15) is 0 Å². The first kappa shape index (κ1) is 14.1. The highest BCUT2D eigenvalue weighted by Crippen LogP contribution is 2.34. The van der Waals surface area contributed by atoms with Crippen molar-refractivity contribution in [1.29, 1.82) is 0 Å². The van der Waals surface area contributed by atoms with Crippen LogP contribution >= 0.6 is 0 Å². The molecule has 0 saturated heterocycles. The Morgan fingerprint density at radius 1 is 1.06 bits per heavy atom. The van der Waals surface area contributed by atoms with Crippen molar-refractivity contribution < 1.29 is 29.3 Å². The summed E-state index contributed by atoms with van der Waals surface area (Å²) < 4.78 is 10.1. The number of hydrogen-bond donors (Lipinski definition) is 2. The van der Waals surface area contributed by atoms with Crippen LogP contribution in [0.2, 0.25) is 0 Å². The highest BCUT2D eigenvalue weighted by molar-refractivity contribution is 5.94. The van der Waals surface area contributed by atoms with Crippen molar-refractivity contribution in [1.82, 2.24) is 0 Å². The standard InChI is InChI=1S/C12H14O6/c1-17-12(18-2,8-6-4-3-5-7-8)9(10(13)14)11(15)16/h3-7,9H,1-2H3,(H,13,14)(H,15,16). The Morgan fingerprint density at radius 3 is 1.83 bits per heavy atom. The van der Waals surface area contributed by atoms with Crippen molar-refractivity contribution in [3.05, 3.63) is 35.9 Å². The van der Waals surface area contributed by atoms with Gasteiger partial charge in [0.05, 0.1) is 0 Å². The van der Waals surface area contributed by atoms with E-state index in [0.717, 1.165) is 0 Å². The lowest BCUT2D eigenvalue weighted by molar-refractivity contribution is -0.251. The van der Waals surface area contributed by atoms with E-state index in [1.165, 1.54) is 14.2 Å². The monoisotopic (exact) mass is 254 g/mol. The molecule has 6 heteroatoms. The zero-order chi connectivity index (χ0) is 13.8. The summed E-state index contributed by atoms with van der Waals surface area (Å²) >= 11 is 0. The number of ether oxygens (including phenoxy) is 2. The fourth-order valence-corrected chi connectivity index (χ4v) is 1.82. The third-order valence-electron chi connectivity index (χ3n) is 2.66. The van der Waals surface area contributed by atoms with Crippen molar-refractivity contribution in [3.8, 4) is 0 Å². The lowest BCUT2D eigenvalue weighted by Crippen LogP contribution is -2.47. The summed E-state index contributed by atoms with van der Waals surface area (Å²) in [5.74, 6) is -6.79. The van der Waals surface area contributed by atoms with Gasteiger partial charge in [-0.3, -0.25) is 9.59 Å². The summed E-state index contributed by atoms with van der Waals surface area (Å²) in [4.78, 5) is 22.3. The van der Waals surface area contributed by atoms with E-state index in [2.05, 4.69) is 0 Å². The minimum atomic E-state index is -1.87. The molecule has 0 aromatic heterocycles. The molecule has 0 heterocycles. The molecule has 0 radical (unpaired) electrons. The third-order valence-corrected chi connectivity index (χ3v) is 2.66. The van der Waals surface area contributed by atoms with Crippen molar-refractivity contribution in [2.45, 2.75) is 5.79 Å². The predicted molar refractivity (Wildman–Crippen MR) is 60.9 cm³/mol. The zero-order valence-electron chi connectivity index (χ0n) is 9.99. The lowest BCUT2D eigenvalue weighted by Gasteiger charge is -2.34. The fourth-order valence-electron chi connectivity index (χ4n) is 1.82. The first-order chi connectivity index (χ1) is 8.49. The van der Waals surface area contributed by atoms with Gasteiger partial charge in [-0.1, -0.05) is 30.3 Å². The Kier molecular flexibility index (Phi) is 4.41. The molecule has 6 nitrogen and oxygen atoms in total. The molecule has 0 spiro atoms. The van der Waals surface area contributed by atoms with Crippen LogP contribution in [0.15, 0.2) is 30.3 Å². The summed E-state index contributed by atoms with van der Waals surface area (Å²) in [6.07, 6.45) is 0. The van der Waals surface area contributed by atoms with E-state index in [9.17, 15) is 9.59 Å². The average molecular weight is 254 g/mol. The molecule has 1 rings (SSSR count). The van der Waals surface area contributed by atoms with Crippen molar-refractivity contribution in [2.24, 2.45) is 5.92 Å². The van der Waals surface area contributed by atoms with E-state index >= 15 is 0 Å². The minimum Gasteiger partial charge on any atom is -0.480 e. The molecule has 0 aliphatic heterocycles. The van der Waals surface area contributed by atoms with Crippen LogP contribution in [0.4, 0.5) is 0 Å². The predicted octanol–water partition coefficient (Wildman–Crippen LogP) is 0.918. The van der Waals surface area contributed by atoms with E-state index in [1.807, 2.05) is 0 Å². The average Bonchev–Trinajstić information content (AvgIpc) is 2.36. The van der Waals surface area contributed by atoms with E-state index in [-0.39, 0.29) is 0 Å². The fraction of sp³-hybridized carbons (Fsp3) is 0.333. The van der Waals surface area contributed by atoms with Crippen molar-refractivity contribution in [2.75, 3.05) is 14.2 Å². The van der Waals surface area contributed by atoms with Crippen LogP contribution in [0.1, 0.15) is 5.56 Å². The van der Waals surface area contributed by atoms with Crippen LogP contribution in [0, 0.1) is 5.92 Å². The van der Waals surface area contributed by atoms with Crippen LogP contribution in [0.3, 0.4) is 0 Å². The normalized spacial score (nSPS) is 11.5. The topological polar surface area (TPSA) is 93.1 Å². The quantitative estimate of drug-likeness (QED) is 0.579. The molecule has 18 heavy (non-hydrogen) atoms. The maximum absolute atomic E-state index is 11.1. The number of aliphatic carboxylic acids is 2. The lowest BCUT2D eigenvalue weighted by atomic mass is 9.91. The first-order valence-electron chi connectivity index (χ1n) is 5.11. The molecule has 0 unspecified atom stereocenters. The Balaban J connectivity index is 3.38. The second kappa shape index (κ2) is 5.61. The molecule has 0 aliphatic rings. The summed E-state index contributed by atoms with van der Waals surface area (Å²) in [6, 6.07) is 8.10. The second-order valence-electron chi connectivity index (χ2n) is 3.55. The van der Waals surface area contributed by atoms with Gasteiger partial charge in [-0.05, 0) is 0 Å². The molecule has 98 valence electrons. The van der Waals surface area contributed by atoms with Crippen LogP contribution in [0.25, 0.3) is 0 Å². The number of hydrogen-bond acceptors (Lipinski definition) is 4. The molecule has 0 amide bonds. The Hall–Kier alpha value is -1.92. The molecule has 0 atom stereocenters. The van der Waals surface area contributed by atoms with Gasteiger partial charge in [0.1, 0.15) is 0 Å². The van der Waals surface area contributed by atoms with E-state index in [4.69, 9.17) is 19.7 Å². The number of rotatable bonds is 6. The van der Waals surface area contributed by atoms with Crippen LogP contribution in [0.5, 0.6) is 0 Å². The maximum Gasteiger partial charge on any atom is 0.323 e. The Bertz CT molecular complexity index is 409. The third kappa shape index (κ3) is 2.34. The second-order valence-corrected chi connectivity index (χ2v) is 3.55. The number of carboxylic acids is 2. The smallest absolute Gasteiger partial charge is 0.323 e. The molecular formula is C12H14O6. The van der Waals surface area contributed by atoms with Gasteiger partial charge in [-0.15, -0.1) is 0 Å². The molecule has 0 fully saturated rings. The highest BCUT2D eigenvalue weighted by Gasteiger charge is 2.50. The number of methoxy groups -OCH3 is 2. The zero-order valence-corrected chi connectivity index (χ0v) is 9.99. The van der Waals surface area contributed by atoms with Crippen molar-refractivity contribution in [3.63, 3.8) is 0 Å². The molecular weight excluding hydrogens is 240 g/mol. The number of carbonyl (C=O) groups is 2. The molecule has 0 bridgehead atoms. The van der Waals surface area contributed by atoms with Crippen LogP contribution in [-0.4, -0.2) is 36.4 Å². The number of carboxylic acid groups (broad SMARTS) is 2. The van der Waals surface area contributed by atoms with Crippen LogP contribution < -0.4 is 0 Å². The van der Waals surface area contributed by atoms with Gasteiger partial charge in [-0.25, -0.2) is 0 Å². The summed E-state index contributed by atoms with van der Waals surface area (Å²) in [5, 5.41) is 18.1. The largest absolute Gasteiger partial charge is 0.480 e. The highest BCUT2D eigenvalue weighted by atomic mass is 16.7. The van der Waals surface area contributed by atoms with E-state index < -0.39 is 23.6 Å². The van der Waals surface area contributed by atoms with Gasteiger partial charge in [0, 0.05) is 19.8 Å². The summed E-state index contributed by atoms with van der Waals surface area (Å²) in [7, 11) is 2.41. The van der Waals surface area contributed by atoms with Gasteiger partial charge in [0.2, 0.25) is 11.7 Å². The molecule has 2 N–H and O–H groups in total. The van der Waals surface area contributed by atoms with Crippen LogP contribution in [-0.2, 0) is 24.8 Å². The van der Waals surface area contributed by atoms with E-state index in [1.54, 1.807) is 30.3 Å². The minimum absolute atomic E-state index is 0.324. The van der Waals surface area contributed by atoms with Gasteiger partial charge in [0.15, 0.2) is 0 Å². The first-order valence-corrected chi connectivity index (χ1v) is 5.11. The molecule has 0 aliphatic carbocycles. The summed E-state index contributed by atoms with van der Waals surface area (Å²) in [5.41, 5.74) is 0.324. The van der Waals surface area contributed by atoms with E-state index in [0.29, 0.717) is 5.56 Å².